The topological polar surface area (TPSA) is 76.7 Å². The predicted molar refractivity (Wildman–Crippen MR) is 66.7 cm³/mol. The van der Waals surface area contributed by atoms with Crippen LogP contribution in [0.15, 0.2) is 29.4 Å². The molecule has 0 saturated carbocycles. The molecule has 1 unspecified atom stereocenters. The molecule has 0 fully saturated rings. The highest BCUT2D eigenvalue weighted by molar-refractivity contribution is 5.98. The molecule has 0 aliphatic rings. The second kappa shape index (κ2) is 6.00. The number of likely N-dealkylation sites (N-methyl/N-ethyl adjacent to an activating group) is 1. The average Bonchev–Trinajstić information content (AvgIpc) is 2.30. The van der Waals surface area contributed by atoms with Crippen LogP contribution in [-0.2, 0) is 9.63 Å². The maximum Gasteiger partial charge on any atom is 0.239 e. The van der Waals surface area contributed by atoms with Crippen LogP contribution in [0.2, 0.25) is 0 Å². The molecule has 1 atom stereocenters. The van der Waals surface area contributed by atoms with Crippen LogP contribution in [0.3, 0.4) is 0 Å². The normalized spacial score (nSPS) is 13.2. The van der Waals surface area contributed by atoms with Gasteiger partial charge in [0, 0.05) is 0 Å². The SMILES string of the molecule is CNC(C(N)=O)c1ccc(/C(C)=N/OC)cc1. The van der Waals surface area contributed by atoms with Crippen molar-refractivity contribution in [1.82, 2.24) is 5.32 Å². The van der Waals surface area contributed by atoms with E-state index < -0.39 is 11.9 Å². The summed E-state index contributed by atoms with van der Waals surface area (Å²) in [6.07, 6.45) is 0. The van der Waals surface area contributed by atoms with Crippen molar-refractivity contribution in [1.29, 1.82) is 0 Å². The highest BCUT2D eigenvalue weighted by Crippen LogP contribution is 2.13. The molecule has 0 aliphatic carbocycles. The molecule has 0 aromatic heterocycles. The third-order valence-corrected chi connectivity index (χ3v) is 2.46. The minimum atomic E-state index is -0.469. The molecule has 1 aromatic carbocycles. The lowest BCUT2D eigenvalue weighted by atomic mass is 10.0. The number of nitrogens with two attached hydrogens (primary N) is 1. The number of nitrogens with one attached hydrogen (secondary N) is 1. The van der Waals surface area contributed by atoms with Crippen LogP contribution < -0.4 is 11.1 Å². The molecular weight excluding hydrogens is 218 g/mol. The van der Waals surface area contributed by atoms with E-state index in [0.717, 1.165) is 16.8 Å². The van der Waals surface area contributed by atoms with E-state index in [-0.39, 0.29) is 0 Å². The summed E-state index contributed by atoms with van der Waals surface area (Å²) in [5, 5.41) is 6.70. The van der Waals surface area contributed by atoms with E-state index in [4.69, 9.17) is 10.6 Å². The van der Waals surface area contributed by atoms with E-state index in [1.807, 2.05) is 31.2 Å². The number of benzene rings is 1. The summed E-state index contributed by atoms with van der Waals surface area (Å²) < 4.78 is 0. The van der Waals surface area contributed by atoms with Crippen molar-refractivity contribution in [3.8, 4) is 0 Å². The summed E-state index contributed by atoms with van der Waals surface area (Å²) in [4.78, 5) is 15.9. The molecule has 0 saturated heterocycles. The summed E-state index contributed by atoms with van der Waals surface area (Å²) in [5.74, 6) is -0.400. The van der Waals surface area contributed by atoms with Gasteiger partial charge in [0.2, 0.25) is 5.91 Å². The van der Waals surface area contributed by atoms with Crippen molar-refractivity contribution in [2.75, 3.05) is 14.2 Å². The van der Waals surface area contributed by atoms with Gasteiger partial charge in [-0.15, -0.1) is 0 Å². The highest BCUT2D eigenvalue weighted by atomic mass is 16.6. The fourth-order valence-corrected chi connectivity index (χ4v) is 1.58. The molecule has 0 heterocycles. The number of amides is 1. The summed E-state index contributed by atoms with van der Waals surface area (Å²) >= 11 is 0. The van der Waals surface area contributed by atoms with Crippen molar-refractivity contribution < 1.29 is 9.63 Å². The van der Waals surface area contributed by atoms with Crippen molar-refractivity contribution >= 4 is 11.6 Å². The van der Waals surface area contributed by atoms with E-state index in [9.17, 15) is 4.79 Å². The van der Waals surface area contributed by atoms with Crippen LogP contribution in [0, 0.1) is 0 Å². The van der Waals surface area contributed by atoms with Gasteiger partial charge in [-0.05, 0) is 25.1 Å². The van der Waals surface area contributed by atoms with Gasteiger partial charge in [-0.1, -0.05) is 29.4 Å². The third kappa shape index (κ3) is 3.29. The first-order valence-electron chi connectivity index (χ1n) is 5.24. The Labute approximate surface area is 101 Å². The van der Waals surface area contributed by atoms with Crippen LogP contribution in [0.5, 0.6) is 0 Å². The first kappa shape index (κ1) is 13.2. The number of carbonyl (C=O) groups is 1. The summed E-state index contributed by atoms with van der Waals surface area (Å²) in [6, 6.07) is 6.97. The maximum absolute atomic E-state index is 11.2. The van der Waals surface area contributed by atoms with Crippen molar-refractivity contribution in [2.45, 2.75) is 13.0 Å². The second-order valence-corrected chi connectivity index (χ2v) is 3.61. The lowest BCUT2D eigenvalue weighted by Crippen LogP contribution is -2.31. The number of hydrogen-bond acceptors (Lipinski definition) is 4. The minimum absolute atomic E-state index is 0.400. The van der Waals surface area contributed by atoms with Gasteiger partial charge in [0.05, 0.1) is 5.71 Å². The highest BCUT2D eigenvalue weighted by Gasteiger charge is 2.14. The second-order valence-electron chi connectivity index (χ2n) is 3.61. The van der Waals surface area contributed by atoms with E-state index in [1.165, 1.54) is 7.11 Å². The lowest BCUT2D eigenvalue weighted by Gasteiger charge is -2.12. The molecular formula is C12H17N3O2. The molecule has 0 aliphatic heterocycles. The Morgan fingerprint density at radius 2 is 2.00 bits per heavy atom. The average molecular weight is 235 g/mol. The van der Waals surface area contributed by atoms with E-state index in [0.29, 0.717) is 0 Å². The van der Waals surface area contributed by atoms with Gasteiger partial charge in [0.15, 0.2) is 0 Å². The molecule has 3 N–H and O–H groups in total. The predicted octanol–water partition coefficient (Wildman–Crippen LogP) is 0.803. The standard InChI is InChI=1S/C12H17N3O2/c1-8(15-17-3)9-4-6-10(7-5-9)11(14-2)12(13)16/h4-7,11,14H,1-3H3,(H2,13,16)/b15-8+. The fraction of sp³-hybridized carbons (Fsp3) is 0.333. The van der Waals surface area contributed by atoms with Gasteiger partial charge < -0.3 is 15.9 Å². The number of nitrogens with zero attached hydrogens (tertiary/aromatic N) is 1. The zero-order chi connectivity index (χ0) is 12.8. The lowest BCUT2D eigenvalue weighted by molar-refractivity contribution is -0.120. The fourth-order valence-electron chi connectivity index (χ4n) is 1.58. The largest absolute Gasteiger partial charge is 0.399 e. The maximum atomic E-state index is 11.2. The summed E-state index contributed by atoms with van der Waals surface area (Å²) in [6.45, 7) is 1.85. The zero-order valence-corrected chi connectivity index (χ0v) is 10.2. The molecule has 17 heavy (non-hydrogen) atoms. The Balaban J connectivity index is 2.95. The van der Waals surface area contributed by atoms with Gasteiger partial charge in [-0.2, -0.15) is 0 Å². The number of primary amides is 1. The Morgan fingerprint density at radius 1 is 1.41 bits per heavy atom. The van der Waals surface area contributed by atoms with Gasteiger partial charge in [0.1, 0.15) is 13.2 Å². The minimum Gasteiger partial charge on any atom is -0.399 e. The van der Waals surface area contributed by atoms with Crippen LogP contribution >= 0.6 is 0 Å². The van der Waals surface area contributed by atoms with Crippen LogP contribution in [0.25, 0.3) is 0 Å². The quantitative estimate of drug-likeness (QED) is 0.585. The van der Waals surface area contributed by atoms with Gasteiger partial charge in [-0.25, -0.2) is 0 Å². The molecule has 1 aromatic rings. The first-order chi connectivity index (χ1) is 8.10. The van der Waals surface area contributed by atoms with E-state index in [2.05, 4.69) is 10.5 Å². The van der Waals surface area contributed by atoms with Gasteiger partial charge in [-0.3, -0.25) is 4.79 Å². The Bertz CT molecular complexity index is 412. The zero-order valence-electron chi connectivity index (χ0n) is 10.2. The van der Waals surface area contributed by atoms with Crippen molar-refractivity contribution in [2.24, 2.45) is 10.9 Å². The third-order valence-electron chi connectivity index (χ3n) is 2.46. The molecule has 0 radical (unpaired) electrons. The smallest absolute Gasteiger partial charge is 0.239 e. The van der Waals surface area contributed by atoms with Crippen molar-refractivity contribution in [3.63, 3.8) is 0 Å². The number of rotatable bonds is 5. The van der Waals surface area contributed by atoms with E-state index in [1.54, 1.807) is 7.05 Å². The van der Waals surface area contributed by atoms with Crippen molar-refractivity contribution in [3.05, 3.63) is 35.4 Å². The Morgan fingerprint density at radius 3 is 2.41 bits per heavy atom. The molecule has 1 rings (SSSR count). The molecule has 1 amide bonds. The molecule has 92 valence electrons. The summed E-state index contributed by atoms with van der Waals surface area (Å²) in [5.41, 5.74) is 7.82. The van der Waals surface area contributed by atoms with Crippen LogP contribution in [-0.4, -0.2) is 25.8 Å². The van der Waals surface area contributed by atoms with Crippen LogP contribution in [0.4, 0.5) is 0 Å². The number of carbonyl (C=O) groups excluding carboxylic acids is 1. The monoisotopic (exact) mass is 235 g/mol. The first-order valence-corrected chi connectivity index (χ1v) is 5.24. The molecule has 0 bridgehead atoms. The summed E-state index contributed by atoms with van der Waals surface area (Å²) in [7, 11) is 3.20. The molecule has 5 heteroatoms. The molecule has 5 nitrogen and oxygen atoms in total. The van der Waals surface area contributed by atoms with E-state index >= 15 is 0 Å². The Hall–Kier alpha value is -1.88. The van der Waals surface area contributed by atoms with Gasteiger partial charge >= 0.3 is 0 Å². The number of hydrogen-bond donors (Lipinski definition) is 2. The molecule has 0 spiro atoms. The number of oxime groups is 1. The van der Waals surface area contributed by atoms with Gasteiger partial charge in [0.25, 0.3) is 0 Å². The Kier molecular flexibility index (Phi) is 4.66. The van der Waals surface area contributed by atoms with Crippen LogP contribution in [0.1, 0.15) is 24.1 Å².